The van der Waals surface area contributed by atoms with Crippen LogP contribution < -0.4 is 4.90 Å². The van der Waals surface area contributed by atoms with Crippen LogP contribution in [0, 0.1) is 5.41 Å². The molecule has 16 heavy (non-hydrogen) atoms. The second-order valence-electron chi connectivity index (χ2n) is 5.01. The van der Waals surface area contributed by atoms with E-state index in [1.54, 1.807) is 11.8 Å². The summed E-state index contributed by atoms with van der Waals surface area (Å²) in [6.07, 6.45) is 0. The Morgan fingerprint density at radius 3 is 2.31 bits per heavy atom. The Morgan fingerprint density at radius 1 is 1.25 bits per heavy atom. The Balaban J connectivity index is 2.55. The molecule has 88 valence electrons. The van der Waals surface area contributed by atoms with E-state index in [-0.39, 0.29) is 0 Å². The predicted octanol–water partition coefficient (Wildman–Crippen LogP) is 4.19. The Morgan fingerprint density at radius 2 is 1.81 bits per heavy atom. The van der Waals surface area contributed by atoms with Gasteiger partial charge in [0.25, 0.3) is 0 Å². The van der Waals surface area contributed by atoms with Crippen molar-refractivity contribution >= 4 is 34.0 Å². The quantitative estimate of drug-likeness (QED) is 0.728. The molecule has 1 nitrogen and oxygen atoms in total. The fraction of sp³-hybridized carbons (Fsp3) is 0.462. The third kappa shape index (κ3) is 4.54. The number of thioether (sulfide) groups is 1. The molecule has 1 aromatic carbocycles. The highest BCUT2D eigenvalue weighted by Crippen LogP contribution is 2.24. The average Bonchev–Trinajstić information content (AvgIpc) is 2.25. The minimum absolute atomic E-state index is 0.312. The molecule has 0 aliphatic rings. The molecule has 0 amide bonds. The second kappa shape index (κ2) is 5.69. The number of anilines is 1. The SMILES string of the molecule is CN(C(=S)SCC(C)(C)C)c1ccccc1. The van der Waals surface area contributed by atoms with Gasteiger partial charge < -0.3 is 4.90 Å². The van der Waals surface area contributed by atoms with Gasteiger partial charge in [0.1, 0.15) is 4.32 Å². The Kier molecular flexibility index (Phi) is 4.81. The monoisotopic (exact) mass is 253 g/mol. The van der Waals surface area contributed by atoms with Crippen LogP contribution in [-0.2, 0) is 0 Å². The zero-order valence-corrected chi connectivity index (χ0v) is 12.0. The number of nitrogens with zero attached hydrogens (tertiary/aromatic N) is 1. The standard InChI is InChI=1S/C13H19NS2/c1-13(2,3)10-16-12(15)14(4)11-8-6-5-7-9-11/h5-9H,10H2,1-4H3. The van der Waals surface area contributed by atoms with Crippen LogP contribution in [-0.4, -0.2) is 17.1 Å². The minimum Gasteiger partial charge on any atom is -0.330 e. The molecule has 1 aromatic rings. The molecular formula is C13H19NS2. The minimum atomic E-state index is 0.312. The maximum Gasteiger partial charge on any atom is 0.140 e. The van der Waals surface area contributed by atoms with Crippen LogP contribution >= 0.6 is 24.0 Å². The van der Waals surface area contributed by atoms with Crippen molar-refractivity contribution < 1.29 is 0 Å². The zero-order chi connectivity index (χ0) is 12.2. The summed E-state index contributed by atoms with van der Waals surface area (Å²) in [5, 5.41) is 0. The van der Waals surface area contributed by atoms with Gasteiger partial charge in [0.05, 0.1) is 0 Å². The van der Waals surface area contributed by atoms with Gasteiger partial charge in [-0.15, -0.1) is 0 Å². The molecule has 0 radical (unpaired) electrons. The first kappa shape index (κ1) is 13.5. The second-order valence-corrected chi connectivity index (χ2v) is 6.62. The van der Waals surface area contributed by atoms with Gasteiger partial charge in [0, 0.05) is 18.5 Å². The average molecular weight is 253 g/mol. The van der Waals surface area contributed by atoms with Crippen LogP contribution in [0.15, 0.2) is 30.3 Å². The van der Waals surface area contributed by atoms with E-state index in [2.05, 4.69) is 37.8 Å². The van der Waals surface area contributed by atoms with E-state index in [9.17, 15) is 0 Å². The van der Waals surface area contributed by atoms with Crippen molar-refractivity contribution in [3.8, 4) is 0 Å². The highest BCUT2D eigenvalue weighted by Gasteiger charge is 2.14. The zero-order valence-electron chi connectivity index (χ0n) is 10.4. The first-order valence-electron chi connectivity index (χ1n) is 5.36. The number of hydrogen-bond acceptors (Lipinski definition) is 2. The van der Waals surface area contributed by atoms with E-state index < -0.39 is 0 Å². The summed E-state index contributed by atoms with van der Waals surface area (Å²) in [5.74, 6) is 1.04. The third-order valence-electron chi connectivity index (χ3n) is 2.05. The summed E-state index contributed by atoms with van der Waals surface area (Å²) in [6.45, 7) is 6.68. The van der Waals surface area contributed by atoms with Gasteiger partial charge in [-0.3, -0.25) is 0 Å². The smallest absolute Gasteiger partial charge is 0.140 e. The number of rotatable bonds is 2. The topological polar surface area (TPSA) is 3.24 Å². The summed E-state index contributed by atoms with van der Waals surface area (Å²) in [6, 6.07) is 10.2. The highest BCUT2D eigenvalue weighted by molar-refractivity contribution is 8.23. The molecule has 0 heterocycles. The molecule has 3 heteroatoms. The van der Waals surface area contributed by atoms with Crippen molar-refractivity contribution in [1.82, 2.24) is 0 Å². The van der Waals surface area contributed by atoms with Gasteiger partial charge in [-0.1, -0.05) is 63.0 Å². The van der Waals surface area contributed by atoms with Gasteiger partial charge in [-0.25, -0.2) is 0 Å². The maximum atomic E-state index is 5.42. The van der Waals surface area contributed by atoms with Crippen LogP contribution in [0.25, 0.3) is 0 Å². The summed E-state index contributed by atoms with van der Waals surface area (Å²) >= 11 is 7.16. The lowest BCUT2D eigenvalue weighted by molar-refractivity contribution is 0.481. The lowest BCUT2D eigenvalue weighted by Crippen LogP contribution is -2.23. The van der Waals surface area contributed by atoms with Crippen molar-refractivity contribution in [1.29, 1.82) is 0 Å². The van der Waals surface area contributed by atoms with Gasteiger partial charge in [-0.2, -0.15) is 0 Å². The molecule has 1 rings (SSSR count). The van der Waals surface area contributed by atoms with E-state index in [1.807, 2.05) is 25.2 Å². The van der Waals surface area contributed by atoms with E-state index >= 15 is 0 Å². The summed E-state index contributed by atoms with van der Waals surface area (Å²) < 4.78 is 0.932. The van der Waals surface area contributed by atoms with E-state index in [0.717, 1.165) is 15.8 Å². The van der Waals surface area contributed by atoms with Crippen LogP contribution in [0.3, 0.4) is 0 Å². The molecule has 0 N–H and O–H groups in total. The normalized spacial score (nSPS) is 11.2. The lowest BCUT2D eigenvalue weighted by atomic mass is 10.0. The first-order valence-corrected chi connectivity index (χ1v) is 6.75. The molecule has 0 saturated carbocycles. The van der Waals surface area contributed by atoms with Crippen LogP contribution in [0.5, 0.6) is 0 Å². The third-order valence-corrected chi connectivity index (χ3v) is 4.20. The number of thiocarbonyl (C=S) groups is 1. The molecule has 0 spiro atoms. The Bertz CT molecular complexity index is 341. The van der Waals surface area contributed by atoms with E-state index in [4.69, 9.17) is 12.2 Å². The van der Waals surface area contributed by atoms with Crippen LogP contribution in [0.4, 0.5) is 5.69 Å². The van der Waals surface area contributed by atoms with Crippen molar-refractivity contribution in [2.24, 2.45) is 5.41 Å². The van der Waals surface area contributed by atoms with Gasteiger partial charge in [-0.05, 0) is 17.5 Å². The molecule has 0 aliphatic carbocycles. The van der Waals surface area contributed by atoms with Crippen molar-refractivity contribution in [3.63, 3.8) is 0 Å². The fourth-order valence-corrected chi connectivity index (χ4v) is 2.27. The van der Waals surface area contributed by atoms with E-state index in [1.165, 1.54) is 0 Å². The molecule has 0 aromatic heterocycles. The van der Waals surface area contributed by atoms with Gasteiger partial charge in [0.2, 0.25) is 0 Å². The summed E-state index contributed by atoms with van der Waals surface area (Å²) in [5.41, 5.74) is 1.46. The maximum absolute atomic E-state index is 5.42. The van der Waals surface area contributed by atoms with Gasteiger partial charge >= 0.3 is 0 Å². The van der Waals surface area contributed by atoms with Crippen molar-refractivity contribution in [2.45, 2.75) is 20.8 Å². The predicted molar refractivity (Wildman–Crippen MR) is 79.4 cm³/mol. The van der Waals surface area contributed by atoms with Crippen LogP contribution in [0.2, 0.25) is 0 Å². The lowest BCUT2D eigenvalue weighted by Gasteiger charge is -2.23. The Labute approximate surface area is 108 Å². The summed E-state index contributed by atoms with van der Waals surface area (Å²) in [7, 11) is 2.02. The molecule has 0 bridgehead atoms. The largest absolute Gasteiger partial charge is 0.330 e. The number of benzene rings is 1. The molecule has 0 atom stereocenters. The molecule has 0 unspecified atom stereocenters. The molecular weight excluding hydrogens is 234 g/mol. The number of para-hydroxylation sites is 1. The number of hydrogen-bond donors (Lipinski definition) is 0. The molecule has 0 aliphatic heterocycles. The molecule has 0 fully saturated rings. The van der Waals surface area contributed by atoms with Crippen molar-refractivity contribution in [3.05, 3.63) is 30.3 Å². The molecule has 0 saturated heterocycles. The first-order chi connectivity index (χ1) is 7.40. The van der Waals surface area contributed by atoms with Gasteiger partial charge in [0.15, 0.2) is 0 Å². The van der Waals surface area contributed by atoms with E-state index in [0.29, 0.717) is 5.41 Å². The highest BCUT2D eigenvalue weighted by atomic mass is 32.2. The Hall–Kier alpha value is -0.540. The van der Waals surface area contributed by atoms with Crippen molar-refractivity contribution in [2.75, 3.05) is 17.7 Å². The fourth-order valence-electron chi connectivity index (χ4n) is 1.13. The summed E-state index contributed by atoms with van der Waals surface area (Å²) in [4.78, 5) is 2.06. The van der Waals surface area contributed by atoms with Crippen LogP contribution in [0.1, 0.15) is 20.8 Å².